The maximum atomic E-state index is 12.2. The highest BCUT2D eigenvalue weighted by Gasteiger charge is 2.23. The number of nitriles is 1. The van der Waals surface area contributed by atoms with Crippen LogP contribution in [0.15, 0.2) is 58.1 Å². The van der Waals surface area contributed by atoms with Gasteiger partial charge in [-0.05, 0) is 135 Å². The van der Waals surface area contributed by atoms with Crippen molar-refractivity contribution in [1.29, 1.82) is 5.26 Å². The van der Waals surface area contributed by atoms with Gasteiger partial charge in [0, 0.05) is 48.9 Å². The highest BCUT2D eigenvalue weighted by Crippen LogP contribution is 2.38. The molecule has 12 nitrogen and oxygen atoms in total. The normalized spacial score (nSPS) is 14.7. The molecule has 0 unspecified atom stereocenters. The van der Waals surface area contributed by atoms with Gasteiger partial charge < -0.3 is 20.3 Å². The fourth-order valence-electron chi connectivity index (χ4n) is 8.49. The van der Waals surface area contributed by atoms with Crippen molar-refractivity contribution in [3.8, 4) is 23.3 Å². The maximum Gasteiger partial charge on any atom is 0.349 e. The van der Waals surface area contributed by atoms with Gasteiger partial charge in [-0.3, -0.25) is 19.7 Å². The Morgan fingerprint density at radius 3 is 1.86 bits per heavy atom. The van der Waals surface area contributed by atoms with E-state index in [-0.39, 0.29) is 18.2 Å². The largest absolute Gasteiger partial charge is 0.506 e. The van der Waals surface area contributed by atoms with Crippen molar-refractivity contribution in [2.24, 2.45) is 0 Å². The number of nitrogens with one attached hydrogen (secondary N) is 1. The molecule has 0 radical (unpaired) electrons. The molecule has 0 spiro atoms. The number of methoxy groups -OCH3 is 1. The maximum absolute atomic E-state index is 12.2. The third kappa shape index (κ3) is 10.0. The molecule has 0 bridgehead atoms. The number of hydrogen-bond donors (Lipinski definition) is 3. The van der Waals surface area contributed by atoms with Gasteiger partial charge in [-0.25, -0.2) is 4.79 Å². The number of aromatic amines is 1. The Morgan fingerprint density at radius 1 is 0.793 bits per heavy atom. The Labute approximate surface area is 340 Å². The fourth-order valence-corrected chi connectivity index (χ4v) is 8.49. The molecule has 3 aromatic heterocycles. The number of aryl methyl sites for hydroxylation is 4. The summed E-state index contributed by atoms with van der Waals surface area (Å²) < 4.78 is 11.9. The number of nitrogen functional groups attached to an aromatic ring is 1. The lowest BCUT2D eigenvalue weighted by Crippen LogP contribution is -2.33. The lowest BCUT2D eigenvalue weighted by Gasteiger charge is -2.24. The highest BCUT2D eigenvalue weighted by atomic mass is 16.7. The minimum atomic E-state index is -0.800. The van der Waals surface area contributed by atoms with Crippen LogP contribution < -0.4 is 21.7 Å². The zero-order valence-corrected chi connectivity index (χ0v) is 34.4. The number of benzene rings is 2. The van der Waals surface area contributed by atoms with Gasteiger partial charge in [-0.1, -0.05) is 38.5 Å². The number of pyridine rings is 2. The van der Waals surface area contributed by atoms with Crippen LogP contribution in [-0.4, -0.2) is 43.7 Å². The van der Waals surface area contributed by atoms with Crippen LogP contribution in [0, 0.1) is 39.0 Å². The first kappa shape index (κ1) is 41.8. The van der Waals surface area contributed by atoms with Gasteiger partial charge in [0.1, 0.15) is 17.6 Å². The zero-order valence-electron chi connectivity index (χ0n) is 34.4. The first-order valence-corrected chi connectivity index (χ1v) is 20.4. The molecule has 0 aliphatic heterocycles. The average molecular weight is 786 g/mol. The SMILES string of the molecule is COCOc1ccc(Cc2c(C)cc(N)cc2C)nc1C1CCCCC1.Cc1cc(-n2nc(C#N)c(=O)[nH]c2=O)cc(C)c1Cc1ccc(O)c(C2CCCCC2)n1. The van der Waals surface area contributed by atoms with Gasteiger partial charge in [-0.15, -0.1) is 5.10 Å². The van der Waals surface area contributed by atoms with Crippen LogP contribution in [-0.2, 0) is 17.6 Å². The van der Waals surface area contributed by atoms with Crippen molar-refractivity contribution in [2.45, 2.75) is 117 Å². The minimum Gasteiger partial charge on any atom is -0.506 e. The number of aromatic hydroxyl groups is 1. The van der Waals surface area contributed by atoms with E-state index >= 15 is 0 Å². The van der Waals surface area contributed by atoms with Gasteiger partial charge in [0.2, 0.25) is 5.69 Å². The number of H-pyrrole nitrogens is 1. The number of hydrogen-bond acceptors (Lipinski definition) is 10. The summed E-state index contributed by atoms with van der Waals surface area (Å²) >= 11 is 0. The van der Waals surface area contributed by atoms with E-state index in [1.807, 2.05) is 32.0 Å². The minimum absolute atomic E-state index is 0.261. The summed E-state index contributed by atoms with van der Waals surface area (Å²) in [5.74, 6) is 1.93. The monoisotopic (exact) mass is 785 g/mol. The summed E-state index contributed by atoms with van der Waals surface area (Å²) in [6, 6.07) is 17.1. The second-order valence-corrected chi connectivity index (χ2v) is 15.8. The lowest BCUT2D eigenvalue weighted by molar-refractivity contribution is 0.0496. The molecule has 0 amide bonds. The van der Waals surface area contributed by atoms with Crippen LogP contribution in [0.3, 0.4) is 0 Å². The van der Waals surface area contributed by atoms with Crippen LogP contribution >= 0.6 is 0 Å². The highest BCUT2D eigenvalue weighted by molar-refractivity contribution is 5.50. The van der Waals surface area contributed by atoms with Crippen LogP contribution in [0.1, 0.15) is 138 Å². The number of ether oxygens (including phenoxy) is 2. The molecular formula is C46H55N7O5. The summed E-state index contributed by atoms with van der Waals surface area (Å²) in [7, 11) is 1.65. The van der Waals surface area contributed by atoms with Crippen molar-refractivity contribution < 1.29 is 14.6 Å². The summed E-state index contributed by atoms with van der Waals surface area (Å²) in [4.78, 5) is 35.8. The first-order valence-electron chi connectivity index (χ1n) is 20.4. The molecule has 2 aliphatic rings. The molecule has 4 N–H and O–H groups in total. The number of nitrogens with zero attached hydrogens (tertiary/aromatic N) is 5. The second-order valence-electron chi connectivity index (χ2n) is 15.8. The Morgan fingerprint density at radius 2 is 1.31 bits per heavy atom. The standard InChI is InChI=1S/C24H25N5O3.C22H30N2O2/c1-14-10-18(29-24(32)27-23(31)20(13-25)28-29)11-15(2)19(14)12-17-8-9-21(30)22(26-17)16-6-4-3-5-7-16;1-15-11-18(23)12-16(2)20(15)13-19-9-10-21(26-14-25-3)22(24-19)17-7-5-4-6-8-17/h8-11,16,30H,3-7,12H2,1-2H3,(H,27,31,32);9-12,17H,4-8,13-14,23H2,1-3H3. The van der Waals surface area contributed by atoms with Gasteiger partial charge in [0.15, 0.2) is 6.79 Å². The van der Waals surface area contributed by atoms with E-state index in [9.17, 15) is 14.7 Å². The van der Waals surface area contributed by atoms with Gasteiger partial charge in [0.05, 0.1) is 17.1 Å². The van der Waals surface area contributed by atoms with Gasteiger partial charge >= 0.3 is 5.69 Å². The molecule has 2 aromatic carbocycles. The molecular weight excluding hydrogens is 731 g/mol. The van der Waals surface area contributed by atoms with E-state index in [1.165, 1.54) is 68.1 Å². The summed E-state index contributed by atoms with van der Waals surface area (Å²) in [5.41, 5.74) is 16.0. The van der Waals surface area contributed by atoms with Crippen molar-refractivity contribution >= 4 is 5.69 Å². The predicted octanol–water partition coefficient (Wildman–Crippen LogP) is 8.05. The molecule has 304 valence electrons. The summed E-state index contributed by atoms with van der Waals surface area (Å²) in [6.07, 6.45) is 13.4. The molecule has 2 aliphatic carbocycles. The van der Waals surface area contributed by atoms with E-state index < -0.39 is 11.2 Å². The van der Waals surface area contributed by atoms with E-state index in [1.54, 1.807) is 31.4 Å². The molecule has 0 atom stereocenters. The van der Waals surface area contributed by atoms with Crippen LogP contribution in [0.2, 0.25) is 0 Å². The van der Waals surface area contributed by atoms with Crippen molar-refractivity contribution in [3.05, 3.63) is 131 Å². The predicted molar refractivity (Wildman–Crippen MR) is 225 cm³/mol. The van der Waals surface area contributed by atoms with Gasteiger partial charge in [-0.2, -0.15) is 9.94 Å². The summed E-state index contributed by atoms with van der Waals surface area (Å²) in [5, 5.41) is 23.3. The fraction of sp³-hybridized carbons (Fsp3) is 0.435. The Balaban J connectivity index is 0.000000200. The molecule has 3 heterocycles. The van der Waals surface area contributed by atoms with E-state index in [0.29, 0.717) is 23.9 Å². The Hall–Kier alpha value is -5.80. The van der Waals surface area contributed by atoms with Crippen molar-refractivity contribution in [2.75, 3.05) is 19.6 Å². The molecule has 2 saturated carbocycles. The number of aromatic nitrogens is 5. The summed E-state index contributed by atoms with van der Waals surface area (Å²) in [6.45, 7) is 8.39. The zero-order chi connectivity index (χ0) is 41.3. The third-order valence-corrected chi connectivity index (χ3v) is 11.5. The topological polar surface area (TPSA) is 182 Å². The second kappa shape index (κ2) is 19.1. The lowest BCUT2D eigenvalue weighted by atomic mass is 9.86. The smallest absolute Gasteiger partial charge is 0.349 e. The number of rotatable bonds is 10. The molecule has 58 heavy (non-hydrogen) atoms. The molecule has 0 saturated heterocycles. The first-order chi connectivity index (χ1) is 27.9. The van der Waals surface area contributed by atoms with Crippen molar-refractivity contribution in [3.63, 3.8) is 0 Å². The van der Waals surface area contributed by atoms with E-state index in [4.69, 9.17) is 30.4 Å². The molecule has 2 fully saturated rings. The van der Waals surface area contributed by atoms with E-state index in [0.717, 1.165) is 74.8 Å². The number of nitrogens with two attached hydrogens (primary N) is 1. The third-order valence-electron chi connectivity index (χ3n) is 11.5. The van der Waals surface area contributed by atoms with Crippen molar-refractivity contribution in [1.82, 2.24) is 24.7 Å². The Bertz CT molecular complexity index is 2360. The van der Waals surface area contributed by atoms with E-state index in [2.05, 4.69) is 36.1 Å². The Kier molecular flexibility index (Phi) is 13.8. The van der Waals surface area contributed by atoms with Gasteiger partial charge in [0.25, 0.3) is 5.56 Å². The molecule has 5 aromatic rings. The molecule has 12 heteroatoms. The quantitative estimate of drug-likeness (QED) is 0.0926. The van der Waals surface area contributed by atoms with Crippen LogP contribution in [0.4, 0.5) is 5.69 Å². The average Bonchev–Trinajstić information content (AvgIpc) is 3.21. The van der Waals surface area contributed by atoms with Crippen LogP contribution in [0.5, 0.6) is 11.5 Å². The van der Waals surface area contributed by atoms with Crippen LogP contribution in [0.25, 0.3) is 5.69 Å². The number of anilines is 1. The molecule has 7 rings (SSSR count).